The number of rotatable bonds is 5. The fourth-order valence-corrected chi connectivity index (χ4v) is 7.16. The zero-order chi connectivity index (χ0) is 23.5. The van der Waals surface area contributed by atoms with Gasteiger partial charge in [-0.2, -0.15) is 5.10 Å². The van der Waals surface area contributed by atoms with Gasteiger partial charge in [0.25, 0.3) is 5.91 Å². The molecule has 1 amide bonds. The molecule has 2 heterocycles. The highest BCUT2D eigenvalue weighted by Crippen LogP contribution is 2.62. The second-order valence-electron chi connectivity index (χ2n) is 10.9. The maximum absolute atomic E-state index is 13.2. The molecule has 1 N–H and O–H groups in total. The number of aliphatic hydroxyl groups is 1. The van der Waals surface area contributed by atoms with Crippen molar-refractivity contribution in [3.63, 3.8) is 0 Å². The van der Waals surface area contributed by atoms with Gasteiger partial charge in [0.2, 0.25) is 0 Å². The number of amides is 1. The van der Waals surface area contributed by atoms with Crippen molar-refractivity contribution in [1.82, 2.24) is 5.01 Å². The monoisotopic (exact) mass is 462 g/mol. The van der Waals surface area contributed by atoms with Crippen LogP contribution in [0.15, 0.2) is 52.2 Å². The second kappa shape index (κ2) is 7.80. The Morgan fingerprint density at radius 3 is 2.53 bits per heavy atom. The van der Waals surface area contributed by atoms with E-state index in [0.717, 1.165) is 48.9 Å². The molecule has 4 fully saturated rings. The Balaban J connectivity index is 1.18. The molecule has 7 nitrogen and oxygen atoms in total. The molecular formula is C27H30N2O5. The first-order valence-electron chi connectivity index (χ1n) is 12.2. The summed E-state index contributed by atoms with van der Waals surface area (Å²) in [6.45, 7) is 1.66. The van der Waals surface area contributed by atoms with Crippen molar-refractivity contribution in [3.05, 3.63) is 59.5 Å². The Morgan fingerprint density at radius 2 is 1.88 bits per heavy atom. The fraction of sp³-hybridized carbons (Fsp3) is 0.519. The quantitative estimate of drug-likeness (QED) is 0.674. The van der Waals surface area contributed by atoms with Crippen LogP contribution in [0.2, 0.25) is 0 Å². The van der Waals surface area contributed by atoms with Crippen LogP contribution < -0.4 is 0 Å². The number of benzene rings is 1. The fourth-order valence-electron chi connectivity index (χ4n) is 7.16. The van der Waals surface area contributed by atoms with Crippen molar-refractivity contribution in [3.8, 4) is 0 Å². The number of hydrazone groups is 1. The van der Waals surface area contributed by atoms with E-state index in [-0.39, 0.29) is 24.5 Å². The molecule has 0 radical (unpaired) electrons. The lowest BCUT2D eigenvalue weighted by atomic mass is 9.48. The first-order chi connectivity index (χ1) is 16.3. The van der Waals surface area contributed by atoms with Gasteiger partial charge in [0.15, 0.2) is 6.61 Å². The van der Waals surface area contributed by atoms with Crippen molar-refractivity contribution in [2.75, 3.05) is 6.61 Å². The maximum Gasteiger partial charge on any atom is 0.312 e. The van der Waals surface area contributed by atoms with Gasteiger partial charge in [-0.1, -0.05) is 29.8 Å². The van der Waals surface area contributed by atoms with Gasteiger partial charge in [0, 0.05) is 6.42 Å². The zero-order valence-electron chi connectivity index (χ0n) is 19.4. The predicted molar refractivity (Wildman–Crippen MR) is 124 cm³/mol. The lowest BCUT2D eigenvalue weighted by Crippen LogP contribution is -2.58. The molecule has 1 aromatic carbocycles. The Hall–Kier alpha value is -2.93. The largest absolute Gasteiger partial charge is 0.467 e. The molecule has 4 aliphatic carbocycles. The number of hydrogen-bond donors (Lipinski definition) is 1. The van der Waals surface area contributed by atoms with Gasteiger partial charge in [0.05, 0.1) is 23.0 Å². The van der Waals surface area contributed by atoms with E-state index >= 15 is 0 Å². The van der Waals surface area contributed by atoms with Crippen LogP contribution >= 0.6 is 0 Å². The van der Waals surface area contributed by atoms with E-state index in [9.17, 15) is 14.7 Å². The van der Waals surface area contributed by atoms with Crippen LogP contribution in [0.5, 0.6) is 0 Å². The van der Waals surface area contributed by atoms with Gasteiger partial charge in [0.1, 0.15) is 11.8 Å². The third-order valence-corrected chi connectivity index (χ3v) is 8.21. The molecule has 0 saturated heterocycles. The van der Waals surface area contributed by atoms with Crippen LogP contribution in [0.25, 0.3) is 0 Å². The normalized spacial score (nSPS) is 33.8. The molecule has 1 aliphatic heterocycles. The average Bonchev–Trinajstić information content (AvgIpc) is 3.46. The number of esters is 1. The minimum absolute atomic E-state index is 0.343. The van der Waals surface area contributed by atoms with Crippen molar-refractivity contribution < 1.29 is 23.8 Å². The van der Waals surface area contributed by atoms with E-state index < -0.39 is 11.0 Å². The van der Waals surface area contributed by atoms with E-state index in [1.54, 1.807) is 12.3 Å². The molecule has 7 heteroatoms. The molecule has 2 aromatic rings. The van der Waals surface area contributed by atoms with Gasteiger partial charge in [-0.25, -0.2) is 5.01 Å². The minimum atomic E-state index is -0.750. The maximum atomic E-state index is 13.2. The molecular weight excluding hydrogens is 432 g/mol. The molecule has 1 aromatic heterocycles. The molecule has 0 spiro atoms. The van der Waals surface area contributed by atoms with Crippen molar-refractivity contribution >= 4 is 17.6 Å². The molecule has 5 aliphatic rings. The Morgan fingerprint density at radius 1 is 1.15 bits per heavy atom. The molecule has 7 rings (SSSR count). The van der Waals surface area contributed by atoms with Gasteiger partial charge in [-0.05, 0) is 75.0 Å². The van der Waals surface area contributed by atoms with E-state index in [2.05, 4.69) is 5.10 Å². The molecule has 178 valence electrons. The predicted octanol–water partition coefficient (Wildman–Crippen LogP) is 4.14. The van der Waals surface area contributed by atoms with Gasteiger partial charge in [-0.3, -0.25) is 9.59 Å². The van der Waals surface area contributed by atoms with Gasteiger partial charge in [-0.15, -0.1) is 0 Å². The molecule has 4 bridgehead atoms. The van der Waals surface area contributed by atoms with E-state index in [1.807, 2.05) is 37.3 Å². The molecule has 4 saturated carbocycles. The summed E-state index contributed by atoms with van der Waals surface area (Å²) in [7, 11) is 0. The SMILES string of the molecule is Cc1ccc(C2=NN(C(=O)COC(=O)C34CC5CC(CC(O)(C5)C3)C4)C(c3ccco3)C2)cc1. The van der Waals surface area contributed by atoms with Gasteiger partial charge < -0.3 is 14.3 Å². The van der Waals surface area contributed by atoms with Crippen molar-refractivity contribution in [2.45, 2.75) is 63.5 Å². The third-order valence-electron chi connectivity index (χ3n) is 8.21. The van der Waals surface area contributed by atoms with E-state index in [0.29, 0.717) is 30.4 Å². The van der Waals surface area contributed by atoms with Crippen LogP contribution in [0.4, 0.5) is 0 Å². The Kier molecular flexibility index (Phi) is 4.96. The number of ether oxygens (including phenoxy) is 1. The van der Waals surface area contributed by atoms with Crippen molar-refractivity contribution in [2.24, 2.45) is 22.4 Å². The number of carbonyl (C=O) groups excluding carboxylic acids is 2. The van der Waals surface area contributed by atoms with Crippen LogP contribution in [-0.2, 0) is 14.3 Å². The van der Waals surface area contributed by atoms with Crippen LogP contribution in [0, 0.1) is 24.2 Å². The smallest absolute Gasteiger partial charge is 0.312 e. The summed E-state index contributed by atoms with van der Waals surface area (Å²) in [5.74, 6) is 0.676. The topological polar surface area (TPSA) is 92.3 Å². The summed E-state index contributed by atoms with van der Waals surface area (Å²) in [6, 6.07) is 11.3. The summed E-state index contributed by atoms with van der Waals surface area (Å²) >= 11 is 0. The highest BCUT2D eigenvalue weighted by molar-refractivity contribution is 6.03. The number of aryl methyl sites for hydroxylation is 1. The van der Waals surface area contributed by atoms with Gasteiger partial charge >= 0.3 is 5.97 Å². The highest BCUT2D eigenvalue weighted by Gasteiger charge is 2.61. The summed E-state index contributed by atoms with van der Waals surface area (Å²) in [6.07, 6.45) is 6.73. The molecule has 3 atom stereocenters. The Bertz CT molecular complexity index is 1120. The summed E-state index contributed by atoms with van der Waals surface area (Å²) < 4.78 is 11.2. The van der Waals surface area contributed by atoms with E-state index in [4.69, 9.17) is 9.15 Å². The zero-order valence-corrected chi connectivity index (χ0v) is 19.4. The summed E-state index contributed by atoms with van der Waals surface area (Å²) in [5.41, 5.74) is 1.50. The minimum Gasteiger partial charge on any atom is -0.467 e. The van der Waals surface area contributed by atoms with Crippen molar-refractivity contribution in [1.29, 1.82) is 0 Å². The first-order valence-corrected chi connectivity index (χ1v) is 12.2. The summed E-state index contributed by atoms with van der Waals surface area (Å²) in [4.78, 5) is 26.5. The third kappa shape index (κ3) is 3.66. The Labute approximate surface area is 198 Å². The number of hydrogen-bond acceptors (Lipinski definition) is 6. The van der Waals surface area contributed by atoms with Crippen LogP contribution in [0.1, 0.15) is 67.9 Å². The lowest BCUT2D eigenvalue weighted by Gasteiger charge is -2.58. The summed E-state index contributed by atoms with van der Waals surface area (Å²) in [5, 5.41) is 17.0. The van der Waals surface area contributed by atoms with Crippen LogP contribution in [-0.4, -0.2) is 39.9 Å². The number of nitrogens with zero attached hydrogens (tertiary/aromatic N) is 2. The van der Waals surface area contributed by atoms with E-state index in [1.165, 1.54) is 5.01 Å². The second-order valence-corrected chi connectivity index (χ2v) is 10.9. The number of carbonyl (C=O) groups is 2. The lowest BCUT2D eigenvalue weighted by molar-refractivity contribution is -0.197. The molecule has 34 heavy (non-hydrogen) atoms. The number of furan rings is 1. The standard InChI is InChI=1S/C27H30N2O5/c1-17-4-6-20(7-5-17)21-10-22(23-3-2-8-33-23)29(28-21)24(30)15-34-25(31)26-11-18-9-19(12-26)14-27(32,13-18)16-26/h2-8,18-19,22,32H,9-16H2,1H3. The van der Waals surface area contributed by atoms with Crippen LogP contribution in [0.3, 0.4) is 0 Å². The average molecular weight is 463 g/mol. The highest BCUT2D eigenvalue weighted by atomic mass is 16.5. The first kappa shape index (κ1) is 21.6. The molecule has 3 unspecified atom stereocenters.